The van der Waals surface area contributed by atoms with Gasteiger partial charge < -0.3 is 10.4 Å². The zero-order chi connectivity index (χ0) is 7.28. The molecule has 0 heterocycles. The van der Waals surface area contributed by atoms with E-state index < -0.39 is 12.0 Å². The van der Waals surface area contributed by atoms with Gasteiger partial charge in [-0.1, -0.05) is 0 Å². The van der Waals surface area contributed by atoms with Gasteiger partial charge in [0, 0.05) is 0 Å². The van der Waals surface area contributed by atoms with Crippen LogP contribution in [-0.2, 0) is 4.79 Å². The maximum absolute atomic E-state index is 10.2. The van der Waals surface area contributed by atoms with Crippen molar-refractivity contribution in [1.82, 2.24) is 5.32 Å². The lowest BCUT2D eigenvalue weighted by Crippen LogP contribution is -2.33. The Morgan fingerprint density at radius 3 is 2.56 bits per heavy atom. The summed E-state index contributed by atoms with van der Waals surface area (Å²) in [5.41, 5.74) is 0. The Morgan fingerprint density at radius 2 is 2.44 bits per heavy atom. The number of carboxylic acids is 1. The van der Waals surface area contributed by atoms with Crippen LogP contribution in [-0.4, -0.2) is 29.9 Å². The first-order valence-corrected chi connectivity index (χ1v) is 3.36. The summed E-state index contributed by atoms with van der Waals surface area (Å²) in [6.45, 7) is 0. The molecule has 0 unspecified atom stereocenters. The van der Waals surface area contributed by atoms with Crippen LogP contribution in [0.25, 0.3) is 0 Å². The SMILES string of the molecule is CN[C@@H](CCS)C(=O)O. The number of likely N-dealkylation sites (N-methyl/N-ethyl adjacent to an activating group) is 1. The molecule has 0 rings (SSSR count). The van der Waals surface area contributed by atoms with Gasteiger partial charge in [-0.2, -0.15) is 12.6 Å². The van der Waals surface area contributed by atoms with Crippen LogP contribution in [0.3, 0.4) is 0 Å². The molecule has 4 heteroatoms. The highest BCUT2D eigenvalue weighted by atomic mass is 32.1. The van der Waals surface area contributed by atoms with Gasteiger partial charge in [-0.3, -0.25) is 4.79 Å². The number of carbonyl (C=O) groups is 1. The summed E-state index contributed by atoms with van der Waals surface area (Å²) in [7, 11) is 1.63. The van der Waals surface area contributed by atoms with Crippen LogP contribution >= 0.6 is 12.6 Å². The average molecular weight is 149 g/mol. The number of nitrogens with one attached hydrogen (secondary N) is 1. The summed E-state index contributed by atoms with van der Waals surface area (Å²) in [6.07, 6.45) is 0.564. The van der Waals surface area contributed by atoms with E-state index in [4.69, 9.17) is 5.11 Å². The second kappa shape index (κ2) is 4.64. The predicted octanol–water partition coefficient (Wildman–Crippen LogP) is -0.0211. The van der Waals surface area contributed by atoms with Gasteiger partial charge in [0.15, 0.2) is 0 Å². The van der Waals surface area contributed by atoms with Crippen molar-refractivity contribution in [1.29, 1.82) is 0 Å². The van der Waals surface area contributed by atoms with E-state index >= 15 is 0 Å². The number of hydrogen-bond acceptors (Lipinski definition) is 3. The molecule has 0 spiro atoms. The van der Waals surface area contributed by atoms with Gasteiger partial charge in [0.1, 0.15) is 6.04 Å². The average Bonchev–Trinajstić information content (AvgIpc) is 1.82. The van der Waals surface area contributed by atoms with Crippen molar-refractivity contribution in [2.45, 2.75) is 12.5 Å². The summed E-state index contributed by atoms with van der Waals surface area (Å²) in [5, 5.41) is 11.1. The molecule has 2 N–H and O–H groups in total. The molecule has 1 atom stereocenters. The summed E-state index contributed by atoms with van der Waals surface area (Å²) in [4.78, 5) is 10.2. The molecule has 0 fully saturated rings. The van der Waals surface area contributed by atoms with Gasteiger partial charge in [0.05, 0.1) is 0 Å². The first-order valence-electron chi connectivity index (χ1n) is 2.73. The number of hydrogen-bond donors (Lipinski definition) is 3. The monoisotopic (exact) mass is 149 g/mol. The number of carboxylic acid groups (broad SMARTS) is 1. The summed E-state index contributed by atoms with van der Waals surface area (Å²) < 4.78 is 0. The van der Waals surface area contributed by atoms with E-state index in [1.807, 2.05) is 0 Å². The lowest BCUT2D eigenvalue weighted by molar-refractivity contribution is -0.139. The van der Waals surface area contributed by atoms with E-state index in [-0.39, 0.29) is 0 Å². The largest absolute Gasteiger partial charge is 0.480 e. The predicted molar refractivity (Wildman–Crippen MR) is 39.0 cm³/mol. The molecule has 0 aliphatic carbocycles. The van der Waals surface area contributed by atoms with E-state index in [9.17, 15) is 4.79 Å². The van der Waals surface area contributed by atoms with Crippen LogP contribution in [0.2, 0.25) is 0 Å². The quantitative estimate of drug-likeness (QED) is 0.492. The third kappa shape index (κ3) is 3.37. The van der Waals surface area contributed by atoms with Crippen molar-refractivity contribution < 1.29 is 9.90 Å². The Morgan fingerprint density at radius 1 is 1.89 bits per heavy atom. The molecule has 0 aromatic rings. The van der Waals surface area contributed by atoms with Crippen molar-refractivity contribution in [2.75, 3.05) is 12.8 Å². The highest BCUT2D eigenvalue weighted by Crippen LogP contribution is 1.92. The standard InChI is InChI=1S/C5H11NO2S/c1-6-4(2-3-9)5(7)8/h4,6,9H,2-3H2,1H3,(H,7,8)/t4-/m0/s1. The number of rotatable bonds is 4. The Kier molecular flexibility index (Phi) is 4.53. The maximum Gasteiger partial charge on any atom is 0.320 e. The Labute approximate surface area is 59.9 Å². The summed E-state index contributed by atoms with van der Waals surface area (Å²) in [5.74, 6) is -0.218. The first-order chi connectivity index (χ1) is 4.22. The van der Waals surface area contributed by atoms with Crippen molar-refractivity contribution in [3.05, 3.63) is 0 Å². The molecule has 0 bridgehead atoms. The Hall–Kier alpha value is -0.220. The maximum atomic E-state index is 10.2. The second-order valence-corrected chi connectivity index (χ2v) is 2.14. The van der Waals surface area contributed by atoms with E-state index in [2.05, 4.69) is 17.9 Å². The molecular formula is C5H11NO2S. The molecule has 0 aromatic carbocycles. The van der Waals surface area contributed by atoms with Crippen LogP contribution in [0.5, 0.6) is 0 Å². The smallest absolute Gasteiger partial charge is 0.320 e. The third-order valence-electron chi connectivity index (χ3n) is 1.06. The van der Waals surface area contributed by atoms with E-state index in [0.717, 1.165) is 0 Å². The van der Waals surface area contributed by atoms with Gasteiger partial charge in [-0.15, -0.1) is 0 Å². The highest BCUT2D eigenvalue weighted by Gasteiger charge is 2.11. The zero-order valence-corrected chi connectivity index (χ0v) is 6.19. The molecule has 0 saturated heterocycles. The fraction of sp³-hybridized carbons (Fsp3) is 0.800. The van der Waals surface area contributed by atoms with Crippen LogP contribution in [0.4, 0.5) is 0 Å². The van der Waals surface area contributed by atoms with Crippen molar-refractivity contribution >= 4 is 18.6 Å². The summed E-state index contributed by atoms with van der Waals surface area (Å²) in [6, 6.07) is -0.442. The van der Waals surface area contributed by atoms with Gasteiger partial charge in [0.25, 0.3) is 0 Å². The minimum atomic E-state index is -0.813. The Bertz CT molecular complexity index is 97.0. The molecular weight excluding hydrogens is 138 g/mol. The molecule has 0 aliphatic rings. The van der Waals surface area contributed by atoms with Gasteiger partial charge in [-0.05, 0) is 19.2 Å². The molecule has 0 radical (unpaired) electrons. The molecule has 0 aromatic heterocycles. The highest BCUT2D eigenvalue weighted by molar-refractivity contribution is 7.80. The topological polar surface area (TPSA) is 49.3 Å². The lowest BCUT2D eigenvalue weighted by Gasteiger charge is -2.07. The molecule has 0 amide bonds. The van der Waals surface area contributed by atoms with Crippen molar-refractivity contribution in [2.24, 2.45) is 0 Å². The molecule has 9 heavy (non-hydrogen) atoms. The minimum absolute atomic E-state index is 0.442. The van der Waals surface area contributed by atoms with Gasteiger partial charge in [0.2, 0.25) is 0 Å². The number of aliphatic carboxylic acids is 1. The molecule has 0 aliphatic heterocycles. The fourth-order valence-electron chi connectivity index (χ4n) is 0.520. The third-order valence-corrected chi connectivity index (χ3v) is 1.32. The van der Waals surface area contributed by atoms with Crippen LogP contribution < -0.4 is 5.32 Å². The second-order valence-electron chi connectivity index (χ2n) is 1.69. The molecule has 0 saturated carbocycles. The van der Waals surface area contributed by atoms with E-state index in [1.165, 1.54) is 0 Å². The fourth-order valence-corrected chi connectivity index (χ4v) is 0.779. The van der Waals surface area contributed by atoms with Gasteiger partial charge >= 0.3 is 5.97 Å². The summed E-state index contributed by atoms with van der Waals surface area (Å²) >= 11 is 3.91. The van der Waals surface area contributed by atoms with E-state index in [0.29, 0.717) is 12.2 Å². The van der Waals surface area contributed by atoms with Gasteiger partial charge in [-0.25, -0.2) is 0 Å². The zero-order valence-electron chi connectivity index (χ0n) is 5.29. The van der Waals surface area contributed by atoms with Crippen molar-refractivity contribution in [3.8, 4) is 0 Å². The minimum Gasteiger partial charge on any atom is -0.480 e. The van der Waals surface area contributed by atoms with Crippen molar-refractivity contribution in [3.63, 3.8) is 0 Å². The molecule has 54 valence electrons. The number of thiol groups is 1. The van der Waals surface area contributed by atoms with Crippen LogP contribution in [0.1, 0.15) is 6.42 Å². The Balaban J connectivity index is 3.54. The van der Waals surface area contributed by atoms with Crippen LogP contribution in [0, 0.1) is 0 Å². The van der Waals surface area contributed by atoms with E-state index in [1.54, 1.807) is 7.05 Å². The first kappa shape index (κ1) is 8.78. The van der Waals surface area contributed by atoms with Crippen LogP contribution in [0.15, 0.2) is 0 Å². The normalized spacial score (nSPS) is 13.1. The molecule has 3 nitrogen and oxygen atoms in total. The lowest BCUT2D eigenvalue weighted by atomic mass is 10.2.